The number of nitrogens with zero attached hydrogens (tertiary/aromatic N) is 2. The van der Waals surface area contributed by atoms with E-state index in [0.29, 0.717) is 24.6 Å². The van der Waals surface area contributed by atoms with Crippen molar-refractivity contribution in [2.45, 2.75) is 76.8 Å². The molecular formula is C28H41N3O4. The molecule has 192 valence electrons. The summed E-state index contributed by atoms with van der Waals surface area (Å²) >= 11 is 0. The zero-order chi connectivity index (χ0) is 24.7. The van der Waals surface area contributed by atoms with E-state index in [9.17, 15) is 9.59 Å². The molecule has 5 aliphatic rings. The highest BCUT2D eigenvalue weighted by atomic mass is 16.5. The van der Waals surface area contributed by atoms with E-state index in [0.717, 1.165) is 55.4 Å². The number of hydrogen-bond donors (Lipinski definition) is 1. The van der Waals surface area contributed by atoms with Gasteiger partial charge in [0, 0.05) is 18.6 Å². The molecule has 1 aromatic rings. The van der Waals surface area contributed by atoms with Crippen LogP contribution >= 0.6 is 0 Å². The summed E-state index contributed by atoms with van der Waals surface area (Å²) in [6.07, 6.45) is 8.97. The number of fused-ring (bicyclic) bond motifs is 1. The lowest BCUT2D eigenvalue weighted by Gasteiger charge is -2.57. The van der Waals surface area contributed by atoms with Crippen LogP contribution in [-0.4, -0.2) is 61.1 Å². The Morgan fingerprint density at radius 2 is 1.66 bits per heavy atom. The molecule has 0 saturated heterocycles. The highest BCUT2D eigenvalue weighted by Crippen LogP contribution is 2.55. The summed E-state index contributed by atoms with van der Waals surface area (Å²) in [6.45, 7) is 5.47. The molecule has 6 rings (SSSR count). The highest BCUT2D eigenvalue weighted by molar-refractivity contribution is 5.85. The summed E-state index contributed by atoms with van der Waals surface area (Å²) in [4.78, 5) is 30.6. The fourth-order valence-electron chi connectivity index (χ4n) is 7.83. The predicted octanol–water partition coefficient (Wildman–Crippen LogP) is 4.54. The first-order chi connectivity index (χ1) is 16.8. The van der Waals surface area contributed by atoms with Crippen LogP contribution in [0.25, 0.3) is 0 Å². The molecule has 4 fully saturated rings. The third-order valence-corrected chi connectivity index (χ3v) is 9.02. The van der Waals surface area contributed by atoms with Crippen molar-refractivity contribution in [1.29, 1.82) is 0 Å². The van der Waals surface area contributed by atoms with Gasteiger partial charge in [0.15, 0.2) is 11.5 Å². The maximum Gasteiger partial charge on any atom is 0.318 e. The van der Waals surface area contributed by atoms with Gasteiger partial charge in [-0.3, -0.25) is 4.79 Å². The molecule has 1 heterocycles. The maximum absolute atomic E-state index is 13.5. The second kappa shape index (κ2) is 9.55. The number of carbonyl (C=O) groups excluding carboxylic acids is 2. The lowest BCUT2D eigenvalue weighted by Crippen LogP contribution is -2.62. The third kappa shape index (κ3) is 4.58. The highest BCUT2D eigenvalue weighted by Gasteiger charge is 2.52. The molecule has 4 aliphatic carbocycles. The number of hydrogen-bond acceptors (Lipinski definition) is 4. The van der Waals surface area contributed by atoms with E-state index in [4.69, 9.17) is 9.47 Å². The van der Waals surface area contributed by atoms with Crippen LogP contribution in [0.2, 0.25) is 0 Å². The van der Waals surface area contributed by atoms with E-state index < -0.39 is 0 Å². The quantitative estimate of drug-likeness (QED) is 0.618. The van der Waals surface area contributed by atoms with Crippen molar-refractivity contribution >= 4 is 11.9 Å². The van der Waals surface area contributed by atoms with Crippen molar-refractivity contribution in [3.8, 4) is 11.5 Å². The van der Waals surface area contributed by atoms with E-state index >= 15 is 0 Å². The normalized spacial score (nSPS) is 30.6. The molecular weight excluding hydrogens is 442 g/mol. The molecule has 7 heteroatoms. The van der Waals surface area contributed by atoms with Crippen LogP contribution in [0.15, 0.2) is 12.1 Å². The van der Waals surface area contributed by atoms with Gasteiger partial charge in [0.2, 0.25) is 5.91 Å². The van der Waals surface area contributed by atoms with Crippen molar-refractivity contribution in [2.24, 2.45) is 17.8 Å². The summed E-state index contributed by atoms with van der Waals surface area (Å²) in [5.74, 6) is 3.71. The van der Waals surface area contributed by atoms with Crippen LogP contribution in [0, 0.1) is 17.8 Å². The molecule has 0 spiro atoms. The van der Waals surface area contributed by atoms with Crippen molar-refractivity contribution in [3.05, 3.63) is 23.3 Å². The van der Waals surface area contributed by atoms with Crippen LogP contribution in [0.4, 0.5) is 4.79 Å². The van der Waals surface area contributed by atoms with E-state index in [-0.39, 0.29) is 30.1 Å². The van der Waals surface area contributed by atoms with Gasteiger partial charge in [-0.25, -0.2) is 4.79 Å². The second-order valence-corrected chi connectivity index (χ2v) is 11.5. The number of rotatable bonds is 7. The Bertz CT molecular complexity index is 942. The zero-order valence-electron chi connectivity index (χ0n) is 21.8. The van der Waals surface area contributed by atoms with Gasteiger partial charge >= 0.3 is 6.03 Å². The number of amides is 3. The van der Waals surface area contributed by atoms with Gasteiger partial charge in [-0.05, 0) is 99.3 Å². The first-order valence-electron chi connectivity index (χ1n) is 13.5. The van der Waals surface area contributed by atoms with Crippen molar-refractivity contribution in [1.82, 2.24) is 15.1 Å². The Labute approximate surface area is 209 Å². The molecule has 0 radical (unpaired) electrons. The summed E-state index contributed by atoms with van der Waals surface area (Å²) < 4.78 is 11.0. The molecule has 35 heavy (non-hydrogen) atoms. The lowest BCUT2D eigenvalue weighted by atomic mass is 9.53. The molecule has 4 saturated carbocycles. The van der Waals surface area contributed by atoms with Crippen molar-refractivity contribution in [2.75, 3.05) is 33.9 Å². The fraction of sp³-hybridized carbons (Fsp3) is 0.714. The van der Waals surface area contributed by atoms with Gasteiger partial charge in [-0.15, -0.1) is 0 Å². The Balaban J connectivity index is 1.27. The van der Waals surface area contributed by atoms with E-state index in [1.54, 1.807) is 19.1 Å². The van der Waals surface area contributed by atoms with E-state index in [2.05, 4.69) is 19.2 Å². The standard InChI is InChI=1S/C28H41N3O4/c1-5-7-30(27(33)29-28-14-19-9-20(15-28)11-21(10-19)16-28)17-26(32)31-8-6-22-12-24(34-3)25(35-4)13-23(22)18(31)2/h12-13,18-21H,5-11,14-17H2,1-4H3,(H,29,33). The maximum atomic E-state index is 13.5. The lowest BCUT2D eigenvalue weighted by molar-refractivity contribution is -0.134. The third-order valence-electron chi connectivity index (χ3n) is 9.02. The Morgan fingerprint density at radius 1 is 1.06 bits per heavy atom. The number of methoxy groups -OCH3 is 2. The fourth-order valence-corrected chi connectivity index (χ4v) is 7.83. The Hall–Kier alpha value is -2.44. The van der Waals surface area contributed by atoms with Crippen molar-refractivity contribution < 1.29 is 19.1 Å². The molecule has 0 aromatic heterocycles. The summed E-state index contributed by atoms with van der Waals surface area (Å²) in [5, 5.41) is 3.46. The SMILES string of the molecule is CCCN(CC(=O)N1CCc2cc(OC)c(OC)cc2C1C)C(=O)NC12CC3CC(CC(C3)C1)C2. The zero-order valence-corrected chi connectivity index (χ0v) is 21.8. The Morgan fingerprint density at radius 3 is 2.23 bits per heavy atom. The van der Waals surface area contributed by atoms with Crippen LogP contribution in [0.3, 0.4) is 0 Å². The topological polar surface area (TPSA) is 71.1 Å². The number of carbonyl (C=O) groups is 2. The number of benzene rings is 1. The molecule has 7 nitrogen and oxygen atoms in total. The average Bonchev–Trinajstić information content (AvgIpc) is 2.82. The number of ether oxygens (including phenoxy) is 2. The molecule has 1 unspecified atom stereocenters. The van der Waals surface area contributed by atoms with Gasteiger partial charge in [-0.2, -0.15) is 0 Å². The van der Waals surface area contributed by atoms with Crippen LogP contribution in [0.1, 0.15) is 76.0 Å². The minimum atomic E-state index is -0.0826. The molecule has 1 N–H and O–H groups in total. The Kier molecular flexibility index (Phi) is 6.62. The smallest absolute Gasteiger partial charge is 0.318 e. The van der Waals surface area contributed by atoms with E-state index in [1.165, 1.54) is 24.8 Å². The van der Waals surface area contributed by atoms with Crippen LogP contribution in [-0.2, 0) is 11.2 Å². The first-order valence-corrected chi connectivity index (χ1v) is 13.5. The van der Waals surface area contributed by atoms with Crippen LogP contribution < -0.4 is 14.8 Å². The second-order valence-electron chi connectivity index (χ2n) is 11.5. The summed E-state index contributed by atoms with van der Waals surface area (Å²) in [6, 6.07) is 3.87. The largest absolute Gasteiger partial charge is 0.493 e. The molecule has 4 bridgehead atoms. The molecule has 1 atom stereocenters. The molecule has 1 aromatic carbocycles. The van der Waals surface area contributed by atoms with Crippen LogP contribution in [0.5, 0.6) is 11.5 Å². The minimum Gasteiger partial charge on any atom is -0.493 e. The van der Waals surface area contributed by atoms with Gasteiger partial charge in [0.1, 0.15) is 6.54 Å². The van der Waals surface area contributed by atoms with Gasteiger partial charge < -0.3 is 24.6 Å². The summed E-state index contributed by atoms with van der Waals surface area (Å²) in [5.41, 5.74) is 2.22. The molecule has 1 aliphatic heterocycles. The van der Waals surface area contributed by atoms with E-state index in [1.807, 2.05) is 17.0 Å². The monoisotopic (exact) mass is 483 g/mol. The number of nitrogens with one attached hydrogen (secondary N) is 1. The minimum absolute atomic E-state index is 0.00652. The van der Waals surface area contributed by atoms with Crippen molar-refractivity contribution in [3.63, 3.8) is 0 Å². The van der Waals surface area contributed by atoms with Gasteiger partial charge in [0.25, 0.3) is 0 Å². The first kappa shape index (κ1) is 24.3. The summed E-state index contributed by atoms with van der Waals surface area (Å²) in [7, 11) is 3.27. The number of urea groups is 1. The predicted molar refractivity (Wildman–Crippen MR) is 135 cm³/mol. The van der Waals surface area contributed by atoms with Gasteiger partial charge in [0.05, 0.1) is 20.3 Å². The average molecular weight is 484 g/mol. The molecule has 3 amide bonds. The van der Waals surface area contributed by atoms with Gasteiger partial charge in [-0.1, -0.05) is 6.92 Å².